The van der Waals surface area contributed by atoms with Crippen LogP contribution in [0.3, 0.4) is 0 Å². The molecule has 2 amide bonds. The summed E-state index contributed by atoms with van der Waals surface area (Å²) in [5, 5.41) is 2.75. The molecule has 0 bridgehead atoms. The van der Waals surface area contributed by atoms with E-state index in [2.05, 4.69) is 5.32 Å². The Kier molecular flexibility index (Phi) is 5.35. The average molecular weight is 372 g/mol. The van der Waals surface area contributed by atoms with Gasteiger partial charge in [-0.15, -0.1) is 0 Å². The van der Waals surface area contributed by atoms with E-state index in [0.717, 1.165) is 0 Å². The molecule has 1 heterocycles. The predicted octanol–water partition coefficient (Wildman–Crippen LogP) is 2.42. The fraction of sp³-hybridized carbons (Fsp3) is 0.263. The summed E-state index contributed by atoms with van der Waals surface area (Å²) in [4.78, 5) is 25.9. The third kappa shape index (κ3) is 4.05. The first-order valence-corrected chi connectivity index (χ1v) is 8.21. The van der Waals surface area contributed by atoms with Gasteiger partial charge in [0.2, 0.25) is 18.6 Å². The number of carbonyl (C=O) groups excluding carboxylic acids is 2. The molecule has 0 radical (unpaired) electrons. The maximum Gasteiger partial charge on any atom is 0.244 e. The molecule has 2 aromatic rings. The minimum atomic E-state index is -0.369. The van der Waals surface area contributed by atoms with Gasteiger partial charge < -0.3 is 29.2 Å². The molecule has 0 saturated heterocycles. The third-order valence-corrected chi connectivity index (χ3v) is 4.03. The highest BCUT2D eigenvalue weighted by Crippen LogP contribution is 2.35. The van der Waals surface area contributed by atoms with E-state index in [1.165, 1.54) is 18.9 Å². The number of methoxy groups -OCH3 is 2. The van der Waals surface area contributed by atoms with Crippen molar-refractivity contribution in [3.05, 3.63) is 36.4 Å². The van der Waals surface area contributed by atoms with E-state index < -0.39 is 0 Å². The zero-order valence-electron chi connectivity index (χ0n) is 15.3. The standard InChI is InChI=1S/C19H20N2O6/c1-12(22)21(13-4-7-16-18(8-13)27-11-26-16)10-19(23)20-15-6-5-14(24-2)9-17(15)25-3/h4-9H,10-11H2,1-3H3,(H,20,23). The molecular formula is C19H20N2O6. The van der Waals surface area contributed by atoms with Crippen molar-refractivity contribution in [2.24, 2.45) is 0 Å². The second kappa shape index (κ2) is 7.86. The van der Waals surface area contributed by atoms with Gasteiger partial charge in [-0.05, 0) is 24.3 Å². The summed E-state index contributed by atoms with van der Waals surface area (Å²) >= 11 is 0. The van der Waals surface area contributed by atoms with E-state index in [0.29, 0.717) is 34.4 Å². The second-order valence-corrected chi connectivity index (χ2v) is 5.76. The molecule has 1 aliphatic heterocycles. The summed E-state index contributed by atoms with van der Waals surface area (Å²) in [5.41, 5.74) is 1.03. The van der Waals surface area contributed by atoms with Crippen molar-refractivity contribution in [3.63, 3.8) is 0 Å². The van der Waals surface area contributed by atoms with Crippen LogP contribution in [0, 0.1) is 0 Å². The van der Waals surface area contributed by atoms with E-state index in [4.69, 9.17) is 18.9 Å². The first-order valence-electron chi connectivity index (χ1n) is 8.21. The van der Waals surface area contributed by atoms with E-state index in [-0.39, 0.29) is 25.2 Å². The Labute approximate surface area is 156 Å². The van der Waals surface area contributed by atoms with Gasteiger partial charge in [-0.25, -0.2) is 0 Å². The highest BCUT2D eigenvalue weighted by atomic mass is 16.7. The Balaban J connectivity index is 1.75. The first-order chi connectivity index (χ1) is 13.0. The molecule has 0 aliphatic carbocycles. The predicted molar refractivity (Wildman–Crippen MR) is 98.8 cm³/mol. The van der Waals surface area contributed by atoms with Crippen molar-refractivity contribution in [2.45, 2.75) is 6.92 Å². The summed E-state index contributed by atoms with van der Waals surface area (Å²) in [6, 6.07) is 10.1. The van der Waals surface area contributed by atoms with Gasteiger partial charge in [0.25, 0.3) is 0 Å². The van der Waals surface area contributed by atoms with Crippen LogP contribution in [0.1, 0.15) is 6.92 Å². The number of carbonyl (C=O) groups is 2. The van der Waals surface area contributed by atoms with Crippen LogP contribution in [-0.2, 0) is 9.59 Å². The molecule has 0 atom stereocenters. The van der Waals surface area contributed by atoms with Gasteiger partial charge >= 0.3 is 0 Å². The van der Waals surface area contributed by atoms with Gasteiger partial charge in [-0.1, -0.05) is 0 Å². The Morgan fingerprint density at radius 2 is 1.85 bits per heavy atom. The van der Waals surface area contributed by atoms with Crippen molar-refractivity contribution < 1.29 is 28.5 Å². The smallest absolute Gasteiger partial charge is 0.244 e. The summed E-state index contributed by atoms with van der Waals surface area (Å²) in [5.74, 6) is 1.57. The molecule has 3 rings (SSSR count). The molecular weight excluding hydrogens is 352 g/mol. The lowest BCUT2D eigenvalue weighted by Gasteiger charge is -2.21. The second-order valence-electron chi connectivity index (χ2n) is 5.76. The van der Waals surface area contributed by atoms with E-state index >= 15 is 0 Å². The number of rotatable bonds is 6. The minimum absolute atomic E-state index is 0.136. The fourth-order valence-electron chi connectivity index (χ4n) is 2.67. The molecule has 1 N–H and O–H groups in total. The molecule has 1 aliphatic rings. The van der Waals surface area contributed by atoms with Crippen LogP contribution in [0.15, 0.2) is 36.4 Å². The van der Waals surface area contributed by atoms with Crippen molar-refractivity contribution in [3.8, 4) is 23.0 Å². The number of benzene rings is 2. The zero-order valence-corrected chi connectivity index (χ0v) is 15.3. The van der Waals surface area contributed by atoms with Crippen LogP contribution in [0.2, 0.25) is 0 Å². The summed E-state index contributed by atoms with van der Waals surface area (Å²) in [6.45, 7) is 1.37. The highest BCUT2D eigenvalue weighted by Gasteiger charge is 2.21. The molecule has 0 unspecified atom stereocenters. The van der Waals surface area contributed by atoms with E-state index in [9.17, 15) is 9.59 Å². The molecule has 0 saturated carbocycles. The van der Waals surface area contributed by atoms with E-state index in [1.54, 1.807) is 43.5 Å². The van der Waals surface area contributed by atoms with Crippen LogP contribution < -0.4 is 29.2 Å². The van der Waals surface area contributed by atoms with Crippen molar-refractivity contribution >= 4 is 23.2 Å². The van der Waals surface area contributed by atoms with Crippen LogP contribution in [0.5, 0.6) is 23.0 Å². The van der Waals surface area contributed by atoms with Crippen LogP contribution >= 0.6 is 0 Å². The minimum Gasteiger partial charge on any atom is -0.497 e. The zero-order chi connectivity index (χ0) is 19.4. The number of hydrogen-bond acceptors (Lipinski definition) is 6. The lowest BCUT2D eigenvalue weighted by atomic mass is 10.2. The summed E-state index contributed by atoms with van der Waals surface area (Å²) < 4.78 is 21.0. The van der Waals surface area contributed by atoms with Crippen LogP contribution in [0.4, 0.5) is 11.4 Å². The van der Waals surface area contributed by atoms with Crippen molar-refractivity contribution in [1.29, 1.82) is 0 Å². The molecule has 0 aromatic heterocycles. The Bertz CT molecular complexity index is 867. The Morgan fingerprint density at radius 3 is 2.56 bits per heavy atom. The molecule has 8 nitrogen and oxygen atoms in total. The average Bonchev–Trinajstić information content (AvgIpc) is 3.14. The lowest BCUT2D eigenvalue weighted by Crippen LogP contribution is -2.36. The number of fused-ring (bicyclic) bond motifs is 1. The lowest BCUT2D eigenvalue weighted by molar-refractivity contribution is -0.120. The molecule has 8 heteroatoms. The third-order valence-electron chi connectivity index (χ3n) is 4.03. The number of anilines is 2. The Morgan fingerprint density at radius 1 is 1.07 bits per heavy atom. The molecule has 0 fully saturated rings. The number of ether oxygens (including phenoxy) is 4. The molecule has 2 aromatic carbocycles. The van der Waals surface area contributed by atoms with Gasteiger partial charge in [0.15, 0.2) is 11.5 Å². The maximum atomic E-state index is 12.5. The van der Waals surface area contributed by atoms with Gasteiger partial charge in [-0.3, -0.25) is 9.59 Å². The van der Waals surface area contributed by atoms with Gasteiger partial charge in [0.05, 0.1) is 19.9 Å². The fourth-order valence-corrected chi connectivity index (χ4v) is 2.67. The summed E-state index contributed by atoms with van der Waals surface area (Å²) in [7, 11) is 3.04. The van der Waals surface area contributed by atoms with Gasteiger partial charge in [0.1, 0.15) is 18.0 Å². The van der Waals surface area contributed by atoms with Gasteiger partial charge in [-0.2, -0.15) is 0 Å². The van der Waals surface area contributed by atoms with Crippen LogP contribution in [-0.4, -0.2) is 39.4 Å². The molecule has 27 heavy (non-hydrogen) atoms. The normalized spacial score (nSPS) is 11.7. The van der Waals surface area contributed by atoms with Crippen LogP contribution in [0.25, 0.3) is 0 Å². The SMILES string of the molecule is COc1ccc(NC(=O)CN(C(C)=O)c2ccc3c(c2)OCO3)c(OC)c1. The monoisotopic (exact) mass is 372 g/mol. The van der Waals surface area contributed by atoms with E-state index in [1.807, 2.05) is 0 Å². The molecule has 0 spiro atoms. The Hall–Kier alpha value is -3.42. The number of amides is 2. The maximum absolute atomic E-state index is 12.5. The quantitative estimate of drug-likeness (QED) is 0.838. The summed E-state index contributed by atoms with van der Waals surface area (Å²) in [6.07, 6.45) is 0. The topological polar surface area (TPSA) is 86.3 Å². The number of nitrogens with one attached hydrogen (secondary N) is 1. The molecule has 142 valence electrons. The van der Waals surface area contributed by atoms with Crippen molar-refractivity contribution in [1.82, 2.24) is 0 Å². The number of hydrogen-bond donors (Lipinski definition) is 1. The first kappa shape index (κ1) is 18.4. The highest BCUT2D eigenvalue weighted by molar-refractivity contribution is 6.02. The van der Waals surface area contributed by atoms with Crippen molar-refractivity contribution in [2.75, 3.05) is 37.8 Å². The number of nitrogens with zero attached hydrogens (tertiary/aromatic N) is 1. The largest absolute Gasteiger partial charge is 0.497 e. The van der Waals surface area contributed by atoms with Gasteiger partial charge in [0, 0.05) is 24.7 Å².